The van der Waals surface area contributed by atoms with Crippen molar-refractivity contribution in [1.82, 2.24) is 0 Å². The summed E-state index contributed by atoms with van der Waals surface area (Å²) < 4.78 is 6.73. The Morgan fingerprint density at radius 2 is 1.36 bits per heavy atom. The van der Waals surface area contributed by atoms with E-state index in [4.69, 9.17) is 4.74 Å². The molecule has 5 aliphatic rings. The first-order chi connectivity index (χ1) is 15.1. The van der Waals surface area contributed by atoms with Crippen molar-refractivity contribution in [3.63, 3.8) is 0 Å². The zero-order valence-corrected chi connectivity index (χ0v) is 22.8. The van der Waals surface area contributed by atoms with Crippen LogP contribution >= 0.6 is 0 Å². The first-order valence-corrected chi connectivity index (χ1v) is 14.2. The van der Waals surface area contributed by atoms with E-state index in [0.29, 0.717) is 28.1 Å². The number of hydrogen-bond acceptors (Lipinski definition) is 3. The number of aliphatic hydroxyl groups excluding tert-OH is 1. The molecule has 0 radical (unpaired) electrons. The molecule has 4 saturated carbocycles. The van der Waals surface area contributed by atoms with Crippen LogP contribution in [0.3, 0.4) is 0 Å². The molecule has 1 saturated heterocycles. The van der Waals surface area contributed by atoms with Gasteiger partial charge < -0.3 is 14.9 Å². The Balaban J connectivity index is 1.44. The van der Waals surface area contributed by atoms with Crippen molar-refractivity contribution < 1.29 is 14.9 Å². The van der Waals surface area contributed by atoms with Gasteiger partial charge in [-0.2, -0.15) is 0 Å². The Kier molecular flexibility index (Phi) is 5.38. The van der Waals surface area contributed by atoms with Gasteiger partial charge in [0.05, 0.1) is 23.4 Å². The lowest BCUT2D eigenvalue weighted by molar-refractivity contribution is -0.227. The molecule has 0 bridgehead atoms. The molecule has 0 aromatic heterocycles. The second kappa shape index (κ2) is 7.22. The molecular weight excluding hydrogens is 408 g/mol. The minimum absolute atomic E-state index is 0.0293. The third-order valence-electron chi connectivity index (χ3n) is 13.3. The smallest absolute Gasteiger partial charge is 0.0865 e. The molecule has 5 rings (SSSR count). The van der Waals surface area contributed by atoms with E-state index in [1.807, 2.05) is 13.8 Å². The number of hydrogen-bond donors (Lipinski definition) is 2. The predicted octanol–water partition coefficient (Wildman–Crippen LogP) is 6.74. The lowest BCUT2D eigenvalue weighted by atomic mass is 9.35. The van der Waals surface area contributed by atoms with Gasteiger partial charge >= 0.3 is 0 Å². The first kappa shape index (κ1) is 24.6. The van der Waals surface area contributed by atoms with Crippen molar-refractivity contribution >= 4 is 0 Å². The summed E-state index contributed by atoms with van der Waals surface area (Å²) in [5.41, 5.74) is 0.277. The van der Waals surface area contributed by atoms with Crippen LogP contribution in [0, 0.1) is 45.3 Å². The van der Waals surface area contributed by atoms with Gasteiger partial charge in [-0.05, 0) is 130 Å². The summed E-state index contributed by atoms with van der Waals surface area (Å²) in [6.45, 7) is 18.8. The summed E-state index contributed by atoms with van der Waals surface area (Å²) in [4.78, 5) is 0. The summed E-state index contributed by atoms with van der Waals surface area (Å²) in [5, 5.41) is 21.5. The summed E-state index contributed by atoms with van der Waals surface area (Å²) in [5.74, 6) is 2.73. The van der Waals surface area contributed by atoms with Crippen LogP contribution in [0.2, 0.25) is 0 Å². The number of ether oxygens (including phenoxy) is 1. The maximum Gasteiger partial charge on any atom is 0.0865 e. The van der Waals surface area contributed by atoms with E-state index in [1.165, 1.54) is 44.9 Å². The lowest BCUT2D eigenvalue weighted by Crippen LogP contribution is -2.64. The molecule has 10 atom stereocenters. The van der Waals surface area contributed by atoms with Crippen molar-refractivity contribution in [2.24, 2.45) is 45.3 Å². The highest BCUT2D eigenvalue weighted by Gasteiger charge is 2.70. The molecular formula is C30H52O3. The number of aliphatic hydroxyl groups is 2. The molecule has 33 heavy (non-hydrogen) atoms. The van der Waals surface area contributed by atoms with Gasteiger partial charge in [-0.15, -0.1) is 0 Å². The summed E-state index contributed by atoms with van der Waals surface area (Å²) >= 11 is 0. The molecule has 4 aliphatic carbocycles. The van der Waals surface area contributed by atoms with Crippen LogP contribution in [-0.4, -0.2) is 33.6 Å². The minimum atomic E-state index is -0.755. The molecule has 5 fully saturated rings. The molecule has 0 amide bonds. The average Bonchev–Trinajstić information content (AvgIpc) is 3.27. The Labute approximate surface area is 203 Å². The molecule has 2 N–H and O–H groups in total. The fraction of sp³-hybridized carbons (Fsp3) is 1.00. The van der Waals surface area contributed by atoms with E-state index in [9.17, 15) is 10.2 Å². The van der Waals surface area contributed by atoms with E-state index < -0.39 is 5.60 Å². The van der Waals surface area contributed by atoms with E-state index in [1.54, 1.807) is 0 Å². The highest BCUT2D eigenvalue weighted by atomic mass is 16.5. The summed E-state index contributed by atoms with van der Waals surface area (Å²) in [6.07, 6.45) is 11.9. The third kappa shape index (κ3) is 3.16. The molecule has 0 aromatic carbocycles. The summed E-state index contributed by atoms with van der Waals surface area (Å²) in [6, 6.07) is 0. The van der Waals surface area contributed by atoms with Gasteiger partial charge in [0.15, 0.2) is 0 Å². The van der Waals surface area contributed by atoms with Gasteiger partial charge in [-0.3, -0.25) is 0 Å². The van der Waals surface area contributed by atoms with Gasteiger partial charge in [0.1, 0.15) is 0 Å². The maximum absolute atomic E-state index is 10.9. The van der Waals surface area contributed by atoms with Gasteiger partial charge in [-0.25, -0.2) is 0 Å². The van der Waals surface area contributed by atoms with Crippen molar-refractivity contribution in [3.8, 4) is 0 Å². The van der Waals surface area contributed by atoms with Crippen LogP contribution in [0.25, 0.3) is 0 Å². The SMILES string of the molecule is CC(C)(O)[C@H]1CC[C@@](C)([C@H]2CC[C@]3(C)[C@@H]2CC[C@H]2[C@@]4(C)CC[C@H](O)C(C)(C)[C@@H]4CC[C@]23C)O1. The van der Waals surface area contributed by atoms with Gasteiger partial charge in [0.2, 0.25) is 0 Å². The third-order valence-corrected chi connectivity index (χ3v) is 13.3. The molecule has 0 spiro atoms. The zero-order valence-electron chi connectivity index (χ0n) is 22.8. The highest BCUT2D eigenvalue weighted by Crippen LogP contribution is 2.76. The van der Waals surface area contributed by atoms with E-state index in [2.05, 4.69) is 41.5 Å². The largest absolute Gasteiger partial charge is 0.393 e. The van der Waals surface area contributed by atoms with Crippen LogP contribution < -0.4 is 0 Å². The standard InChI is InChI=1S/C30H52O3/c1-25(2)21-12-17-29(7)22(27(21,5)15-13-23(25)31)10-9-19-20(11-16-28(19,29)6)30(8)18-14-24(33-30)26(3,4)32/h19-24,31-32H,9-18H2,1-8H3/t19-,20+,21+,22+,23+,24-,27+,28-,29-,30+/m1/s1. The Hall–Kier alpha value is -0.120. The van der Waals surface area contributed by atoms with Crippen molar-refractivity contribution in [2.45, 2.75) is 143 Å². The Morgan fingerprint density at radius 3 is 2.00 bits per heavy atom. The number of fused-ring (bicyclic) bond motifs is 5. The molecule has 3 heteroatoms. The van der Waals surface area contributed by atoms with Crippen LogP contribution in [0.15, 0.2) is 0 Å². The highest BCUT2D eigenvalue weighted by molar-refractivity contribution is 5.18. The summed E-state index contributed by atoms with van der Waals surface area (Å²) in [7, 11) is 0. The normalized spacial score (nSPS) is 56.2. The van der Waals surface area contributed by atoms with Crippen molar-refractivity contribution in [2.75, 3.05) is 0 Å². The molecule has 0 aromatic rings. The maximum atomic E-state index is 10.9. The molecule has 0 unspecified atom stereocenters. The van der Waals surface area contributed by atoms with E-state index in [-0.39, 0.29) is 23.2 Å². The fourth-order valence-corrected chi connectivity index (χ4v) is 11.1. The van der Waals surface area contributed by atoms with Crippen LogP contribution in [0.5, 0.6) is 0 Å². The van der Waals surface area contributed by atoms with E-state index >= 15 is 0 Å². The van der Waals surface area contributed by atoms with Gasteiger partial charge in [-0.1, -0.05) is 34.6 Å². The van der Waals surface area contributed by atoms with Gasteiger partial charge in [0, 0.05) is 0 Å². The Morgan fingerprint density at radius 1 is 0.697 bits per heavy atom. The molecule has 1 heterocycles. The number of rotatable bonds is 2. The lowest BCUT2D eigenvalue weighted by Gasteiger charge is -2.70. The average molecular weight is 461 g/mol. The fourth-order valence-electron chi connectivity index (χ4n) is 11.1. The predicted molar refractivity (Wildman–Crippen MR) is 134 cm³/mol. The molecule has 1 aliphatic heterocycles. The van der Waals surface area contributed by atoms with Crippen molar-refractivity contribution in [1.29, 1.82) is 0 Å². The monoisotopic (exact) mass is 460 g/mol. The minimum Gasteiger partial charge on any atom is -0.393 e. The van der Waals surface area contributed by atoms with Gasteiger partial charge in [0.25, 0.3) is 0 Å². The quantitative estimate of drug-likeness (QED) is 0.480. The zero-order chi connectivity index (χ0) is 24.2. The molecule has 190 valence electrons. The second-order valence-electron chi connectivity index (χ2n) is 15.3. The van der Waals surface area contributed by atoms with Crippen LogP contribution in [0.1, 0.15) is 120 Å². The van der Waals surface area contributed by atoms with E-state index in [0.717, 1.165) is 31.1 Å². The topological polar surface area (TPSA) is 49.7 Å². The Bertz CT molecular complexity index is 784. The molecule has 3 nitrogen and oxygen atoms in total. The van der Waals surface area contributed by atoms with Crippen molar-refractivity contribution in [3.05, 3.63) is 0 Å². The second-order valence-corrected chi connectivity index (χ2v) is 15.3. The van der Waals surface area contributed by atoms with Crippen LogP contribution in [0.4, 0.5) is 0 Å². The van der Waals surface area contributed by atoms with Crippen LogP contribution in [-0.2, 0) is 4.74 Å². The first-order valence-electron chi connectivity index (χ1n) is 14.2.